The molecule has 1 aromatic rings. The molecule has 0 bridgehead atoms. The summed E-state index contributed by atoms with van der Waals surface area (Å²) in [5.41, 5.74) is 4.92. The topological polar surface area (TPSA) is 55.1 Å². The summed E-state index contributed by atoms with van der Waals surface area (Å²) in [5, 5.41) is 2.45. The minimum Gasteiger partial charge on any atom is -0.330 e. The van der Waals surface area contributed by atoms with Crippen LogP contribution in [-0.2, 0) is 11.0 Å². The van der Waals surface area contributed by atoms with Crippen molar-refractivity contribution in [3.8, 4) is 0 Å². The molecular formula is C13H17F3N2O. The van der Waals surface area contributed by atoms with Crippen molar-refractivity contribution in [2.45, 2.75) is 26.4 Å². The van der Waals surface area contributed by atoms with Crippen molar-refractivity contribution in [3.63, 3.8) is 0 Å². The van der Waals surface area contributed by atoms with Gasteiger partial charge in [-0.2, -0.15) is 13.2 Å². The van der Waals surface area contributed by atoms with Crippen LogP contribution >= 0.6 is 0 Å². The average molecular weight is 274 g/mol. The van der Waals surface area contributed by atoms with E-state index in [0.29, 0.717) is 6.54 Å². The minimum atomic E-state index is -4.42. The van der Waals surface area contributed by atoms with Crippen LogP contribution in [0.4, 0.5) is 18.9 Å². The van der Waals surface area contributed by atoms with Crippen molar-refractivity contribution in [2.24, 2.45) is 11.7 Å². The summed E-state index contributed by atoms with van der Waals surface area (Å²) < 4.78 is 38.1. The molecule has 3 nitrogen and oxygen atoms in total. The van der Waals surface area contributed by atoms with E-state index in [0.717, 1.165) is 6.07 Å². The second-order valence-electron chi connectivity index (χ2n) is 4.62. The van der Waals surface area contributed by atoms with E-state index >= 15 is 0 Å². The molecule has 0 spiro atoms. The van der Waals surface area contributed by atoms with Gasteiger partial charge < -0.3 is 11.1 Å². The lowest BCUT2D eigenvalue weighted by atomic mass is 10.1. The summed E-state index contributed by atoms with van der Waals surface area (Å²) in [5.74, 6) is -0.345. The van der Waals surface area contributed by atoms with Crippen LogP contribution in [0.1, 0.15) is 24.5 Å². The Bertz CT molecular complexity index is 458. The maximum atomic E-state index is 12.7. The molecule has 0 fully saturated rings. The number of aryl methyl sites for hydroxylation is 1. The average Bonchev–Trinajstić information content (AvgIpc) is 2.29. The van der Waals surface area contributed by atoms with Crippen LogP contribution < -0.4 is 11.1 Å². The Kier molecular flexibility index (Phi) is 4.94. The van der Waals surface area contributed by atoms with Crippen molar-refractivity contribution in [2.75, 3.05) is 11.9 Å². The second kappa shape index (κ2) is 6.06. The zero-order valence-corrected chi connectivity index (χ0v) is 10.8. The fraction of sp³-hybridized carbons (Fsp3) is 0.462. The first kappa shape index (κ1) is 15.5. The lowest BCUT2D eigenvalue weighted by molar-refractivity contribution is -0.138. The maximum absolute atomic E-state index is 12.7. The van der Waals surface area contributed by atoms with Gasteiger partial charge in [0.15, 0.2) is 0 Å². The van der Waals surface area contributed by atoms with Gasteiger partial charge in [-0.3, -0.25) is 4.79 Å². The highest BCUT2D eigenvalue weighted by Crippen LogP contribution is 2.33. The summed E-state index contributed by atoms with van der Waals surface area (Å²) in [6.45, 7) is 3.54. The van der Waals surface area contributed by atoms with Crippen LogP contribution in [0.3, 0.4) is 0 Å². The number of nitrogens with one attached hydrogen (secondary N) is 1. The number of carbonyl (C=O) groups excluding carboxylic acids is 1. The third-order valence-electron chi connectivity index (χ3n) is 2.76. The van der Waals surface area contributed by atoms with Gasteiger partial charge in [0.05, 0.1) is 5.56 Å². The molecule has 6 heteroatoms. The van der Waals surface area contributed by atoms with Crippen LogP contribution in [0, 0.1) is 12.8 Å². The first-order chi connectivity index (χ1) is 8.74. The Labute approximate surface area is 110 Å². The Balaban J connectivity index is 2.83. The fourth-order valence-corrected chi connectivity index (χ4v) is 1.62. The SMILES string of the molecule is Cc1ccc(NC(=O)CC(C)CN)cc1C(F)(F)F. The van der Waals surface area contributed by atoms with Gasteiger partial charge in [-0.25, -0.2) is 0 Å². The molecule has 0 aliphatic rings. The molecule has 1 unspecified atom stereocenters. The predicted octanol–water partition coefficient (Wildman–Crippen LogP) is 2.94. The highest BCUT2D eigenvalue weighted by molar-refractivity contribution is 5.91. The van der Waals surface area contributed by atoms with E-state index < -0.39 is 11.7 Å². The summed E-state index contributed by atoms with van der Waals surface area (Å²) in [7, 11) is 0. The molecule has 1 atom stereocenters. The summed E-state index contributed by atoms with van der Waals surface area (Å²) >= 11 is 0. The number of hydrogen-bond donors (Lipinski definition) is 2. The number of nitrogens with two attached hydrogens (primary N) is 1. The highest BCUT2D eigenvalue weighted by atomic mass is 19.4. The normalized spacial score (nSPS) is 13.2. The number of halogens is 3. The number of benzene rings is 1. The van der Waals surface area contributed by atoms with E-state index in [2.05, 4.69) is 5.32 Å². The van der Waals surface area contributed by atoms with Crippen LogP contribution in [0.15, 0.2) is 18.2 Å². The van der Waals surface area contributed by atoms with Gasteiger partial charge in [0.25, 0.3) is 0 Å². The Morgan fingerprint density at radius 3 is 2.58 bits per heavy atom. The molecular weight excluding hydrogens is 257 g/mol. The number of anilines is 1. The number of hydrogen-bond acceptors (Lipinski definition) is 2. The lowest BCUT2D eigenvalue weighted by Gasteiger charge is -2.13. The van der Waals surface area contributed by atoms with Crippen molar-refractivity contribution >= 4 is 11.6 Å². The van der Waals surface area contributed by atoms with Crippen molar-refractivity contribution < 1.29 is 18.0 Å². The first-order valence-electron chi connectivity index (χ1n) is 5.91. The van der Waals surface area contributed by atoms with E-state index in [1.165, 1.54) is 19.1 Å². The van der Waals surface area contributed by atoms with Crippen LogP contribution in [0.5, 0.6) is 0 Å². The number of alkyl halides is 3. The quantitative estimate of drug-likeness (QED) is 0.887. The smallest absolute Gasteiger partial charge is 0.330 e. The fourth-order valence-electron chi connectivity index (χ4n) is 1.62. The second-order valence-corrected chi connectivity index (χ2v) is 4.62. The molecule has 0 saturated carbocycles. The Hall–Kier alpha value is -1.56. The van der Waals surface area contributed by atoms with Crippen molar-refractivity contribution in [1.29, 1.82) is 0 Å². The van der Waals surface area contributed by atoms with E-state index in [-0.39, 0.29) is 29.5 Å². The van der Waals surface area contributed by atoms with E-state index in [1.807, 2.05) is 0 Å². The first-order valence-corrected chi connectivity index (χ1v) is 5.91. The molecule has 106 valence electrons. The maximum Gasteiger partial charge on any atom is 0.416 e. The largest absolute Gasteiger partial charge is 0.416 e. The molecule has 19 heavy (non-hydrogen) atoms. The van der Waals surface area contributed by atoms with Crippen LogP contribution in [0.25, 0.3) is 0 Å². The van der Waals surface area contributed by atoms with Gasteiger partial charge in [-0.05, 0) is 37.1 Å². The van der Waals surface area contributed by atoms with E-state index in [4.69, 9.17) is 5.73 Å². The standard InChI is InChI=1S/C13H17F3N2O/c1-8(7-17)5-12(19)18-10-4-3-9(2)11(6-10)13(14,15)16/h3-4,6,8H,5,7,17H2,1-2H3,(H,18,19). The molecule has 3 N–H and O–H groups in total. The van der Waals surface area contributed by atoms with Crippen LogP contribution in [0.2, 0.25) is 0 Å². The van der Waals surface area contributed by atoms with Crippen LogP contribution in [-0.4, -0.2) is 12.5 Å². The molecule has 0 saturated heterocycles. The monoisotopic (exact) mass is 274 g/mol. The van der Waals surface area contributed by atoms with Crippen molar-refractivity contribution in [1.82, 2.24) is 0 Å². The molecule has 0 aromatic heterocycles. The molecule has 1 rings (SSSR count). The Morgan fingerprint density at radius 2 is 2.05 bits per heavy atom. The van der Waals surface area contributed by atoms with Gasteiger partial charge >= 0.3 is 6.18 Å². The molecule has 1 amide bonds. The van der Waals surface area contributed by atoms with Gasteiger partial charge in [-0.15, -0.1) is 0 Å². The number of rotatable bonds is 4. The van der Waals surface area contributed by atoms with E-state index in [9.17, 15) is 18.0 Å². The summed E-state index contributed by atoms with van der Waals surface area (Å²) in [4.78, 5) is 11.6. The highest BCUT2D eigenvalue weighted by Gasteiger charge is 2.32. The number of carbonyl (C=O) groups is 1. The zero-order chi connectivity index (χ0) is 14.6. The molecule has 0 aliphatic heterocycles. The molecule has 0 aliphatic carbocycles. The van der Waals surface area contributed by atoms with Gasteiger partial charge in [0.1, 0.15) is 0 Å². The minimum absolute atomic E-state index is 0.00691. The lowest BCUT2D eigenvalue weighted by Crippen LogP contribution is -2.20. The van der Waals surface area contributed by atoms with Crippen molar-refractivity contribution in [3.05, 3.63) is 29.3 Å². The van der Waals surface area contributed by atoms with E-state index in [1.54, 1.807) is 6.92 Å². The molecule has 0 heterocycles. The summed E-state index contributed by atoms with van der Waals surface area (Å²) in [6.07, 6.45) is -4.24. The molecule has 0 radical (unpaired) electrons. The zero-order valence-electron chi connectivity index (χ0n) is 10.8. The molecule has 1 aromatic carbocycles. The third kappa shape index (κ3) is 4.55. The van der Waals surface area contributed by atoms with Gasteiger partial charge in [0, 0.05) is 12.1 Å². The number of amides is 1. The Morgan fingerprint density at radius 1 is 1.42 bits per heavy atom. The van der Waals surface area contributed by atoms with Gasteiger partial charge in [-0.1, -0.05) is 13.0 Å². The predicted molar refractivity (Wildman–Crippen MR) is 67.6 cm³/mol. The third-order valence-corrected chi connectivity index (χ3v) is 2.76. The summed E-state index contributed by atoms with van der Waals surface area (Å²) in [6, 6.07) is 3.74. The van der Waals surface area contributed by atoms with Gasteiger partial charge in [0.2, 0.25) is 5.91 Å².